The first-order valence-electron chi connectivity index (χ1n) is 4.84. The minimum atomic E-state index is -0.568. The van der Waals surface area contributed by atoms with Crippen LogP contribution in [0.3, 0.4) is 0 Å². The highest BCUT2D eigenvalue weighted by Crippen LogP contribution is 2.30. The van der Waals surface area contributed by atoms with Crippen LogP contribution in [-0.2, 0) is 4.74 Å². The average Bonchev–Trinajstić information content (AvgIpc) is 2.65. The summed E-state index contributed by atoms with van der Waals surface area (Å²) < 4.78 is 5.43. The van der Waals surface area contributed by atoms with Crippen molar-refractivity contribution >= 4 is 11.3 Å². The molecule has 2 heterocycles. The third-order valence-corrected chi connectivity index (χ3v) is 3.29. The lowest BCUT2D eigenvalue weighted by Crippen LogP contribution is -2.09. The van der Waals surface area contributed by atoms with Crippen molar-refractivity contribution in [2.45, 2.75) is 25.9 Å². The summed E-state index contributed by atoms with van der Waals surface area (Å²) in [7, 11) is 0. The molecule has 0 saturated heterocycles. The van der Waals surface area contributed by atoms with E-state index in [9.17, 15) is 5.11 Å². The fraction of sp³-hybridized carbons (Fsp3) is 0.455. The van der Waals surface area contributed by atoms with Gasteiger partial charge < -0.3 is 9.84 Å². The van der Waals surface area contributed by atoms with Gasteiger partial charge in [-0.15, -0.1) is 11.3 Å². The van der Waals surface area contributed by atoms with Crippen molar-refractivity contribution in [1.29, 1.82) is 0 Å². The Balaban J connectivity index is 2.19. The van der Waals surface area contributed by atoms with Crippen LogP contribution in [0.15, 0.2) is 23.3 Å². The molecule has 2 rings (SSSR count). The first-order valence-corrected chi connectivity index (χ1v) is 5.72. The van der Waals surface area contributed by atoms with Crippen LogP contribution < -0.4 is 0 Å². The van der Waals surface area contributed by atoms with Gasteiger partial charge in [-0.25, -0.2) is 0 Å². The predicted octanol–water partition coefficient (Wildman–Crippen LogP) is 2.78. The van der Waals surface area contributed by atoms with E-state index in [2.05, 4.69) is 0 Å². The van der Waals surface area contributed by atoms with Gasteiger partial charge in [0, 0.05) is 10.4 Å². The highest BCUT2D eigenvalue weighted by atomic mass is 32.1. The zero-order valence-electron chi connectivity index (χ0n) is 8.19. The Labute approximate surface area is 87.8 Å². The van der Waals surface area contributed by atoms with E-state index >= 15 is 0 Å². The normalized spacial score (nSPS) is 18.6. The molecule has 0 spiro atoms. The van der Waals surface area contributed by atoms with Gasteiger partial charge in [0.25, 0.3) is 0 Å². The standard InChI is InChI=1S/C11H14O2S/c1-8-9(5-7-14-8)11(12)10-4-2-3-6-13-10/h4-5,7,11-12H,2-3,6H2,1H3. The Bertz CT molecular complexity index is 341. The van der Waals surface area contributed by atoms with Crippen LogP contribution >= 0.6 is 11.3 Å². The molecule has 0 aliphatic carbocycles. The number of rotatable bonds is 2. The summed E-state index contributed by atoms with van der Waals surface area (Å²) in [5.74, 6) is 0.720. The predicted molar refractivity (Wildman–Crippen MR) is 57.3 cm³/mol. The summed E-state index contributed by atoms with van der Waals surface area (Å²) in [6, 6.07) is 1.96. The summed E-state index contributed by atoms with van der Waals surface area (Å²) in [4.78, 5) is 1.16. The molecule has 0 aromatic carbocycles. The number of aliphatic hydroxyl groups excluding tert-OH is 1. The number of aryl methyl sites for hydroxylation is 1. The van der Waals surface area contributed by atoms with Gasteiger partial charge in [0.05, 0.1) is 6.61 Å². The molecule has 1 aromatic heterocycles. The van der Waals surface area contributed by atoms with Crippen molar-refractivity contribution in [3.8, 4) is 0 Å². The molecule has 0 bridgehead atoms. The van der Waals surface area contributed by atoms with Crippen LogP contribution in [0.2, 0.25) is 0 Å². The number of ether oxygens (including phenoxy) is 1. The molecular weight excluding hydrogens is 196 g/mol. The van der Waals surface area contributed by atoms with Gasteiger partial charge in [-0.2, -0.15) is 0 Å². The summed E-state index contributed by atoms with van der Waals surface area (Å²) in [6.45, 7) is 2.75. The molecule has 1 N–H and O–H groups in total. The topological polar surface area (TPSA) is 29.5 Å². The maximum Gasteiger partial charge on any atom is 0.137 e. The Morgan fingerprint density at radius 3 is 3.00 bits per heavy atom. The quantitative estimate of drug-likeness (QED) is 0.813. The van der Waals surface area contributed by atoms with Gasteiger partial charge in [0.1, 0.15) is 11.9 Å². The molecule has 1 unspecified atom stereocenters. The minimum Gasteiger partial charge on any atom is -0.495 e. The third kappa shape index (κ3) is 1.83. The fourth-order valence-corrected chi connectivity index (χ4v) is 2.33. The van der Waals surface area contributed by atoms with Crippen LogP contribution in [0.1, 0.15) is 29.4 Å². The van der Waals surface area contributed by atoms with E-state index in [0.29, 0.717) is 0 Å². The Morgan fingerprint density at radius 1 is 1.57 bits per heavy atom. The van der Waals surface area contributed by atoms with Crippen LogP contribution in [0.25, 0.3) is 0 Å². The average molecular weight is 210 g/mol. The van der Waals surface area contributed by atoms with E-state index in [4.69, 9.17) is 4.74 Å². The number of allylic oxidation sites excluding steroid dienone is 1. The second-order valence-electron chi connectivity index (χ2n) is 3.43. The largest absolute Gasteiger partial charge is 0.495 e. The molecular formula is C11H14O2S. The SMILES string of the molecule is Cc1sccc1C(O)C1=CCCCO1. The number of hydrogen-bond donors (Lipinski definition) is 1. The molecule has 1 aliphatic heterocycles. The van der Waals surface area contributed by atoms with Crippen molar-refractivity contribution in [3.05, 3.63) is 33.7 Å². The highest BCUT2D eigenvalue weighted by Gasteiger charge is 2.19. The maximum absolute atomic E-state index is 10.0. The van der Waals surface area contributed by atoms with E-state index in [-0.39, 0.29) is 0 Å². The van der Waals surface area contributed by atoms with Crippen molar-refractivity contribution in [2.24, 2.45) is 0 Å². The molecule has 0 amide bonds. The zero-order chi connectivity index (χ0) is 9.97. The maximum atomic E-state index is 10.0. The van der Waals surface area contributed by atoms with Crippen LogP contribution in [0, 0.1) is 6.92 Å². The van der Waals surface area contributed by atoms with Crippen LogP contribution in [0.4, 0.5) is 0 Å². The van der Waals surface area contributed by atoms with E-state index < -0.39 is 6.10 Å². The molecule has 0 radical (unpaired) electrons. The summed E-state index contributed by atoms with van der Waals surface area (Å²) >= 11 is 1.65. The number of thiophene rings is 1. The zero-order valence-corrected chi connectivity index (χ0v) is 9.01. The lowest BCUT2D eigenvalue weighted by Gasteiger charge is -2.19. The van der Waals surface area contributed by atoms with E-state index in [1.54, 1.807) is 11.3 Å². The molecule has 14 heavy (non-hydrogen) atoms. The molecule has 0 fully saturated rings. The molecule has 1 aliphatic rings. The lowest BCUT2D eigenvalue weighted by molar-refractivity contribution is 0.0917. The highest BCUT2D eigenvalue weighted by molar-refractivity contribution is 7.10. The Morgan fingerprint density at radius 2 is 2.43 bits per heavy atom. The van der Waals surface area contributed by atoms with Crippen molar-refractivity contribution in [3.63, 3.8) is 0 Å². The minimum absolute atomic E-state index is 0.568. The Kier molecular flexibility index (Phi) is 2.89. The van der Waals surface area contributed by atoms with Gasteiger partial charge in [0.2, 0.25) is 0 Å². The lowest BCUT2D eigenvalue weighted by atomic mass is 10.1. The molecule has 76 valence electrons. The van der Waals surface area contributed by atoms with Crippen molar-refractivity contribution < 1.29 is 9.84 Å². The van der Waals surface area contributed by atoms with Crippen molar-refractivity contribution in [1.82, 2.24) is 0 Å². The number of hydrogen-bond acceptors (Lipinski definition) is 3. The van der Waals surface area contributed by atoms with Crippen molar-refractivity contribution in [2.75, 3.05) is 6.61 Å². The molecule has 3 heteroatoms. The summed E-state index contributed by atoms with van der Waals surface area (Å²) in [6.07, 6.45) is 3.49. The van der Waals surface area contributed by atoms with Gasteiger partial charge >= 0.3 is 0 Å². The van der Waals surface area contributed by atoms with Gasteiger partial charge in [-0.1, -0.05) is 0 Å². The monoisotopic (exact) mass is 210 g/mol. The fourth-order valence-electron chi connectivity index (χ4n) is 1.60. The van der Waals surface area contributed by atoms with Crippen LogP contribution in [0.5, 0.6) is 0 Å². The van der Waals surface area contributed by atoms with Gasteiger partial charge in [-0.05, 0) is 37.3 Å². The second kappa shape index (κ2) is 4.15. The number of aliphatic hydroxyl groups is 1. The molecule has 1 aromatic rings. The second-order valence-corrected chi connectivity index (χ2v) is 4.55. The van der Waals surface area contributed by atoms with E-state index in [1.165, 1.54) is 0 Å². The van der Waals surface area contributed by atoms with Crippen LogP contribution in [-0.4, -0.2) is 11.7 Å². The molecule has 1 atom stereocenters. The van der Waals surface area contributed by atoms with Gasteiger partial charge in [-0.3, -0.25) is 0 Å². The van der Waals surface area contributed by atoms with Gasteiger partial charge in [0.15, 0.2) is 0 Å². The first-order chi connectivity index (χ1) is 6.79. The third-order valence-electron chi connectivity index (χ3n) is 2.43. The Hall–Kier alpha value is -0.800. The summed E-state index contributed by atoms with van der Waals surface area (Å²) in [5, 5.41) is 12.0. The molecule has 2 nitrogen and oxygen atoms in total. The summed E-state index contributed by atoms with van der Waals surface area (Å²) in [5.41, 5.74) is 0.975. The van der Waals surface area contributed by atoms with E-state index in [0.717, 1.165) is 35.6 Å². The molecule has 0 saturated carbocycles. The van der Waals surface area contributed by atoms with E-state index in [1.807, 2.05) is 24.4 Å². The first kappa shape index (κ1) is 9.74. The smallest absolute Gasteiger partial charge is 0.137 e.